The highest BCUT2D eigenvalue weighted by atomic mass is 79.9. The van der Waals surface area contributed by atoms with Crippen LogP contribution in [0, 0.1) is 0 Å². The van der Waals surface area contributed by atoms with Gasteiger partial charge < -0.3 is 10.5 Å². The van der Waals surface area contributed by atoms with Crippen LogP contribution in [0.3, 0.4) is 0 Å². The van der Waals surface area contributed by atoms with Crippen LogP contribution in [0.25, 0.3) is 11.2 Å². The molecule has 21 heavy (non-hydrogen) atoms. The lowest BCUT2D eigenvalue weighted by molar-refractivity contribution is 0.211. The number of hydrogen-bond acceptors (Lipinski definition) is 4. The van der Waals surface area contributed by atoms with Crippen LogP contribution in [0.2, 0.25) is 0 Å². The van der Waals surface area contributed by atoms with Gasteiger partial charge in [-0.2, -0.15) is 0 Å². The summed E-state index contributed by atoms with van der Waals surface area (Å²) in [5.41, 5.74) is 8.84. The van der Waals surface area contributed by atoms with E-state index in [2.05, 4.69) is 32.0 Å². The Morgan fingerprint density at radius 2 is 2.24 bits per heavy atom. The van der Waals surface area contributed by atoms with Crippen LogP contribution in [0.4, 0.5) is 5.95 Å². The van der Waals surface area contributed by atoms with E-state index in [9.17, 15) is 0 Å². The molecule has 6 heteroatoms. The minimum absolute atomic E-state index is 0.0625. The number of aromatic nitrogens is 3. The molecule has 2 N–H and O–H groups in total. The van der Waals surface area contributed by atoms with Gasteiger partial charge in [0.25, 0.3) is 0 Å². The maximum absolute atomic E-state index is 6.03. The highest BCUT2D eigenvalue weighted by Crippen LogP contribution is 2.30. The van der Waals surface area contributed by atoms with E-state index < -0.39 is 0 Å². The minimum Gasteiger partial charge on any atom is -0.488 e. The molecule has 0 aliphatic carbocycles. The second-order valence-electron chi connectivity index (χ2n) is 5.13. The molecule has 3 heterocycles. The Hall–Kier alpha value is -2.08. The van der Waals surface area contributed by atoms with E-state index >= 15 is 0 Å². The van der Waals surface area contributed by atoms with Crippen molar-refractivity contribution in [3.05, 3.63) is 46.6 Å². The van der Waals surface area contributed by atoms with Crippen molar-refractivity contribution in [2.75, 3.05) is 5.73 Å². The summed E-state index contributed by atoms with van der Waals surface area (Å²) in [6.45, 7) is 0.644. The van der Waals surface area contributed by atoms with Crippen molar-refractivity contribution in [2.24, 2.45) is 0 Å². The molecule has 0 radical (unpaired) electrons. The monoisotopic (exact) mass is 344 g/mol. The molecule has 0 saturated carbocycles. The first-order valence-electron chi connectivity index (χ1n) is 6.72. The Morgan fingerprint density at radius 3 is 3.10 bits per heavy atom. The zero-order valence-corrected chi connectivity index (χ0v) is 12.7. The molecule has 1 aromatic carbocycles. The third kappa shape index (κ3) is 2.15. The molecule has 0 saturated heterocycles. The number of fused-ring (bicyclic) bond motifs is 2. The SMILES string of the molecule is Nc1nc2cc(Br)cnc2n1CC1Cc2ccccc2O1. The normalized spacial score (nSPS) is 16.9. The Bertz CT molecular complexity index is 805. The number of imidazole rings is 1. The van der Waals surface area contributed by atoms with Crippen LogP contribution in [0.5, 0.6) is 5.75 Å². The maximum atomic E-state index is 6.03. The minimum atomic E-state index is 0.0625. The molecular weight excluding hydrogens is 332 g/mol. The Balaban J connectivity index is 1.65. The number of para-hydroxylation sites is 1. The fourth-order valence-corrected chi connectivity index (χ4v) is 3.06. The van der Waals surface area contributed by atoms with E-state index in [1.807, 2.05) is 28.8 Å². The van der Waals surface area contributed by atoms with Crippen LogP contribution in [-0.2, 0) is 13.0 Å². The molecule has 1 aliphatic rings. The van der Waals surface area contributed by atoms with Gasteiger partial charge in [0.15, 0.2) is 5.65 Å². The van der Waals surface area contributed by atoms with E-state index in [0.717, 1.165) is 27.8 Å². The molecule has 1 unspecified atom stereocenters. The average Bonchev–Trinajstić information content (AvgIpc) is 3.00. The molecule has 0 amide bonds. The molecule has 4 rings (SSSR count). The smallest absolute Gasteiger partial charge is 0.202 e. The average molecular weight is 345 g/mol. The van der Waals surface area contributed by atoms with Gasteiger partial charge in [-0.15, -0.1) is 0 Å². The van der Waals surface area contributed by atoms with E-state index in [1.54, 1.807) is 6.20 Å². The molecule has 1 aliphatic heterocycles. The van der Waals surface area contributed by atoms with Crippen molar-refractivity contribution in [1.29, 1.82) is 0 Å². The fourth-order valence-electron chi connectivity index (χ4n) is 2.74. The van der Waals surface area contributed by atoms with Crippen molar-refractivity contribution in [3.8, 4) is 5.75 Å². The lowest BCUT2D eigenvalue weighted by Crippen LogP contribution is -2.22. The first kappa shape index (κ1) is 12.6. The van der Waals surface area contributed by atoms with Gasteiger partial charge in [0.1, 0.15) is 17.4 Å². The lowest BCUT2D eigenvalue weighted by Gasteiger charge is -2.12. The second kappa shape index (κ2) is 4.73. The summed E-state index contributed by atoms with van der Waals surface area (Å²) >= 11 is 3.40. The number of nitrogens with two attached hydrogens (primary N) is 1. The Labute approximate surface area is 129 Å². The number of rotatable bonds is 2. The molecule has 106 valence electrons. The van der Waals surface area contributed by atoms with Gasteiger partial charge in [0.05, 0.1) is 6.54 Å². The second-order valence-corrected chi connectivity index (χ2v) is 6.04. The quantitative estimate of drug-likeness (QED) is 0.776. The summed E-state index contributed by atoms with van der Waals surface area (Å²) in [6, 6.07) is 10.0. The number of ether oxygens (including phenoxy) is 1. The first-order chi connectivity index (χ1) is 10.2. The van der Waals surface area contributed by atoms with Crippen molar-refractivity contribution >= 4 is 33.0 Å². The third-order valence-electron chi connectivity index (χ3n) is 3.68. The number of pyridine rings is 1. The maximum Gasteiger partial charge on any atom is 0.202 e. The van der Waals surface area contributed by atoms with Gasteiger partial charge in [0, 0.05) is 17.1 Å². The van der Waals surface area contributed by atoms with Crippen molar-refractivity contribution < 1.29 is 4.74 Å². The number of nitrogens with zero attached hydrogens (tertiary/aromatic N) is 3. The molecule has 5 nitrogen and oxygen atoms in total. The highest BCUT2D eigenvalue weighted by molar-refractivity contribution is 9.10. The van der Waals surface area contributed by atoms with Crippen LogP contribution in [0.1, 0.15) is 5.56 Å². The van der Waals surface area contributed by atoms with E-state index in [0.29, 0.717) is 12.5 Å². The third-order valence-corrected chi connectivity index (χ3v) is 4.11. The number of anilines is 1. The predicted molar refractivity (Wildman–Crippen MR) is 84.2 cm³/mol. The largest absolute Gasteiger partial charge is 0.488 e. The van der Waals surface area contributed by atoms with Crippen LogP contribution >= 0.6 is 15.9 Å². The van der Waals surface area contributed by atoms with Crippen LogP contribution in [-0.4, -0.2) is 20.6 Å². The fraction of sp³-hybridized carbons (Fsp3) is 0.200. The van der Waals surface area contributed by atoms with E-state index in [-0.39, 0.29) is 6.10 Å². The Kier molecular flexibility index (Phi) is 2.85. The molecule has 3 aromatic rings. The number of hydrogen-bond donors (Lipinski definition) is 1. The summed E-state index contributed by atoms with van der Waals surface area (Å²) < 4.78 is 8.77. The van der Waals surface area contributed by atoms with Gasteiger partial charge in [-0.3, -0.25) is 4.57 Å². The van der Waals surface area contributed by atoms with Gasteiger partial charge >= 0.3 is 0 Å². The van der Waals surface area contributed by atoms with E-state index in [1.165, 1.54) is 5.56 Å². The topological polar surface area (TPSA) is 66.0 Å². The molecule has 0 bridgehead atoms. The molecule has 0 fully saturated rings. The zero-order chi connectivity index (χ0) is 14.4. The van der Waals surface area contributed by atoms with Gasteiger partial charge in [-0.1, -0.05) is 18.2 Å². The summed E-state index contributed by atoms with van der Waals surface area (Å²) in [7, 11) is 0. The van der Waals surface area contributed by atoms with Gasteiger partial charge in [-0.25, -0.2) is 9.97 Å². The summed E-state index contributed by atoms with van der Waals surface area (Å²) in [4.78, 5) is 8.77. The predicted octanol–water partition coefficient (Wildman–Crippen LogP) is 2.78. The van der Waals surface area contributed by atoms with Crippen LogP contribution < -0.4 is 10.5 Å². The molecule has 0 spiro atoms. The number of halogens is 1. The number of benzene rings is 1. The van der Waals surface area contributed by atoms with Crippen molar-refractivity contribution in [3.63, 3.8) is 0 Å². The van der Waals surface area contributed by atoms with E-state index in [4.69, 9.17) is 10.5 Å². The standard InChI is InChI=1S/C15H13BrN4O/c16-10-6-12-14(18-7-10)20(15(17)19-12)8-11-5-9-3-1-2-4-13(9)21-11/h1-4,6-7,11H,5,8H2,(H2,17,19). The van der Waals surface area contributed by atoms with Crippen molar-refractivity contribution in [2.45, 2.75) is 19.1 Å². The molecular formula is C15H13BrN4O. The van der Waals surface area contributed by atoms with Gasteiger partial charge in [-0.05, 0) is 33.6 Å². The summed E-state index contributed by atoms with van der Waals surface area (Å²) in [6.07, 6.45) is 2.70. The molecule has 2 aromatic heterocycles. The summed E-state index contributed by atoms with van der Waals surface area (Å²) in [5, 5.41) is 0. The Morgan fingerprint density at radius 1 is 1.38 bits per heavy atom. The number of nitrogen functional groups attached to an aromatic ring is 1. The lowest BCUT2D eigenvalue weighted by atomic mass is 10.1. The zero-order valence-electron chi connectivity index (χ0n) is 11.2. The van der Waals surface area contributed by atoms with Gasteiger partial charge in [0.2, 0.25) is 5.95 Å². The van der Waals surface area contributed by atoms with Crippen LogP contribution in [0.15, 0.2) is 41.0 Å². The van der Waals surface area contributed by atoms with Crippen molar-refractivity contribution in [1.82, 2.24) is 14.5 Å². The summed E-state index contributed by atoms with van der Waals surface area (Å²) in [5.74, 6) is 1.43. The molecule has 1 atom stereocenters. The first-order valence-corrected chi connectivity index (χ1v) is 7.52. The highest BCUT2D eigenvalue weighted by Gasteiger charge is 2.24.